The summed E-state index contributed by atoms with van der Waals surface area (Å²) in [5.74, 6) is -0.167. The van der Waals surface area contributed by atoms with E-state index in [1.807, 2.05) is 13.8 Å². The summed E-state index contributed by atoms with van der Waals surface area (Å²) in [6, 6.07) is -0.304. The number of nitrogens with two attached hydrogens (primary N) is 1. The summed E-state index contributed by atoms with van der Waals surface area (Å²) in [4.78, 5) is 11.2. The zero-order valence-corrected chi connectivity index (χ0v) is 9.57. The summed E-state index contributed by atoms with van der Waals surface area (Å²) in [6.45, 7) is 3.91. The van der Waals surface area contributed by atoms with Gasteiger partial charge in [0.2, 0.25) is 5.91 Å². The second-order valence-corrected chi connectivity index (χ2v) is 4.75. The fourth-order valence-electron chi connectivity index (χ4n) is 2.14. The molecule has 0 aromatic heterocycles. The molecule has 0 spiro atoms. The van der Waals surface area contributed by atoms with Gasteiger partial charge in [0.25, 0.3) is 0 Å². The average Bonchev–Trinajstić information content (AvgIpc) is 2.15. The third-order valence-corrected chi connectivity index (χ3v) is 3.10. The molecule has 0 radical (unpaired) electrons. The van der Waals surface area contributed by atoms with Crippen LogP contribution in [0.15, 0.2) is 0 Å². The standard InChI is InChI=1S/C11H22N2O2/c1-7(2)10(11(12)15)13-8-5-3-4-6-9(8)14/h7-10,13-14H,3-6H2,1-2H3,(H2,12,15)/t8-,9-,10?/m1/s1. The smallest absolute Gasteiger partial charge is 0.234 e. The molecule has 1 saturated carbocycles. The molecule has 1 amide bonds. The van der Waals surface area contributed by atoms with Crippen LogP contribution in [0.4, 0.5) is 0 Å². The average molecular weight is 214 g/mol. The van der Waals surface area contributed by atoms with Gasteiger partial charge in [-0.15, -0.1) is 0 Å². The monoisotopic (exact) mass is 214 g/mol. The number of amides is 1. The summed E-state index contributed by atoms with van der Waals surface area (Å²) in [6.07, 6.45) is 3.60. The summed E-state index contributed by atoms with van der Waals surface area (Å²) in [7, 11) is 0. The molecule has 1 rings (SSSR count). The molecular weight excluding hydrogens is 192 g/mol. The first kappa shape index (κ1) is 12.5. The van der Waals surface area contributed by atoms with E-state index in [2.05, 4.69) is 5.32 Å². The minimum atomic E-state index is -0.334. The van der Waals surface area contributed by atoms with Crippen LogP contribution in [0.2, 0.25) is 0 Å². The number of aliphatic hydroxyl groups is 1. The van der Waals surface area contributed by atoms with Gasteiger partial charge in [0, 0.05) is 6.04 Å². The van der Waals surface area contributed by atoms with Gasteiger partial charge in [-0.25, -0.2) is 0 Å². The topological polar surface area (TPSA) is 75.3 Å². The Morgan fingerprint density at radius 3 is 2.47 bits per heavy atom. The van der Waals surface area contributed by atoms with Crippen LogP contribution < -0.4 is 11.1 Å². The maximum absolute atomic E-state index is 11.2. The quantitative estimate of drug-likeness (QED) is 0.633. The van der Waals surface area contributed by atoms with Crippen molar-refractivity contribution in [3.05, 3.63) is 0 Å². The molecule has 0 bridgehead atoms. The second-order valence-electron chi connectivity index (χ2n) is 4.75. The van der Waals surface area contributed by atoms with E-state index in [1.165, 1.54) is 0 Å². The minimum absolute atomic E-state index is 0.0265. The number of carbonyl (C=O) groups excluding carboxylic acids is 1. The Labute approximate surface area is 91.2 Å². The van der Waals surface area contributed by atoms with Crippen molar-refractivity contribution < 1.29 is 9.90 Å². The van der Waals surface area contributed by atoms with Gasteiger partial charge in [0.15, 0.2) is 0 Å². The molecule has 1 fully saturated rings. The fourth-order valence-corrected chi connectivity index (χ4v) is 2.14. The van der Waals surface area contributed by atoms with Crippen LogP contribution in [-0.4, -0.2) is 29.2 Å². The highest BCUT2D eigenvalue weighted by Gasteiger charge is 2.28. The normalized spacial score (nSPS) is 29.1. The Kier molecular flexibility index (Phi) is 4.54. The lowest BCUT2D eigenvalue weighted by atomic mass is 9.90. The highest BCUT2D eigenvalue weighted by molar-refractivity contribution is 5.80. The first-order chi connectivity index (χ1) is 7.02. The zero-order chi connectivity index (χ0) is 11.4. The van der Waals surface area contributed by atoms with E-state index in [0.717, 1.165) is 25.7 Å². The van der Waals surface area contributed by atoms with Crippen molar-refractivity contribution in [1.82, 2.24) is 5.32 Å². The Hall–Kier alpha value is -0.610. The van der Waals surface area contributed by atoms with Crippen LogP contribution in [0.3, 0.4) is 0 Å². The van der Waals surface area contributed by atoms with Crippen molar-refractivity contribution in [2.75, 3.05) is 0 Å². The molecule has 4 N–H and O–H groups in total. The number of aliphatic hydroxyl groups excluding tert-OH is 1. The van der Waals surface area contributed by atoms with Crippen LogP contribution in [-0.2, 0) is 4.79 Å². The largest absolute Gasteiger partial charge is 0.392 e. The summed E-state index contributed by atoms with van der Waals surface area (Å²) in [5.41, 5.74) is 5.32. The zero-order valence-electron chi connectivity index (χ0n) is 9.57. The first-order valence-electron chi connectivity index (χ1n) is 5.75. The van der Waals surface area contributed by atoms with Gasteiger partial charge in [-0.2, -0.15) is 0 Å². The third-order valence-electron chi connectivity index (χ3n) is 3.10. The van der Waals surface area contributed by atoms with Crippen molar-refractivity contribution >= 4 is 5.91 Å². The lowest BCUT2D eigenvalue weighted by Crippen LogP contribution is -2.53. The number of hydrogen-bond acceptors (Lipinski definition) is 3. The van der Waals surface area contributed by atoms with Crippen molar-refractivity contribution in [2.24, 2.45) is 11.7 Å². The van der Waals surface area contributed by atoms with Gasteiger partial charge >= 0.3 is 0 Å². The lowest BCUT2D eigenvalue weighted by molar-refractivity contribution is -0.121. The highest BCUT2D eigenvalue weighted by Crippen LogP contribution is 2.19. The molecule has 3 atom stereocenters. The number of carbonyl (C=O) groups is 1. The van der Waals surface area contributed by atoms with E-state index in [-0.39, 0.29) is 30.0 Å². The highest BCUT2D eigenvalue weighted by atomic mass is 16.3. The van der Waals surface area contributed by atoms with Crippen LogP contribution in [0.25, 0.3) is 0 Å². The molecular formula is C11H22N2O2. The maximum atomic E-state index is 11.2. The summed E-state index contributed by atoms with van der Waals surface area (Å²) >= 11 is 0. The van der Waals surface area contributed by atoms with Gasteiger partial charge in [0.05, 0.1) is 12.1 Å². The van der Waals surface area contributed by atoms with E-state index in [0.29, 0.717) is 0 Å². The Bertz CT molecular complexity index is 219. The van der Waals surface area contributed by atoms with Crippen molar-refractivity contribution in [2.45, 2.75) is 57.7 Å². The Morgan fingerprint density at radius 1 is 1.40 bits per heavy atom. The molecule has 1 aliphatic carbocycles. The fraction of sp³-hybridized carbons (Fsp3) is 0.909. The van der Waals surface area contributed by atoms with E-state index in [9.17, 15) is 9.90 Å². The van der Waals surface area contributed by atoms with E-state index < -0.39 is 0 Å². The first-order valence-corrected chi connectivity index (χ1v) is 5.75. The minimum Gasteiger partial charge on any atom is -0.392 e. The predicted molar refractivity (Wildman–Crippen MR) is 59.2 cm³/mol. The molecule has 0 saturated heterocycles. The lowest BCUT2D eigenvalue weighted by Gasteiger charge is -2.32. The molecule has 15 heavy (non-hydrogen) atoms. The van der Waals surface area contributed by atoms with Gasteiger partial charge in [-0.05, 0) is 18.8 Å². The maximum Gasteiger partial charge on any atom is 0.234 e. The molecule has 0 aliphatic heterocycles. The van der Waals surface area contributed by atoms with Crippen LogP contribution in [0.1, 0.15) is 39.5 Å². The van der Waals surface area contributed by atoms with Gasteiger partial charge in [-0.1, -0.05) is 26.7 Å². The molecule has 0 heterocycles. The van der Waals surface area contributed by atoms with Crippen LogP contribution >= 0.6 is 0 Å². The number of hydrogen-bond donors (Lipinski definition) is 3. The van der Waals surface area contributed by atoms with Crippen LogP contribution in [0, 0.1) is 5.92 Å². The number of nitrogens with one attached hydrogen (secondary N) is 1. The molecule has 4 heteroatoms. The van der Waals surface area contributed by atoms with E-state index >= 15 is 0 Å². The van der Waals surface area contributed by atoms with Gasteiger partial charge < -0.3 is 16.2 Å². The molecule has 4 nitrogen and oxygen atoms in total. The Balaban J connectivity index is 2.52. The number of rotatable bonds is 4. The van der Waals surface area contributed by atoms with Crippen LogP contribution in [0.5, 0.6) is 0 Å². The SMILES string of the molecule is CC(C)C(N[C@@H]1CCCC[C@H]1O)C(N)=O. The summed E-state index contributed by atoms with van der Waals surface area (Å²) in [5, 5.41) is 12.9. The Morgan fingerprint density at radius 2 is 2.00 bits per heavy atom. The molecule has 88 valence electrons. The van der Waals surface area contributed by atoms with E-state index in [4.69, 9.17) is 5.73 Å². The second kappa shape index (κ2) is 5.47. The molecule has 0 aromatic carbocycles. The molecule has 0 aromatic rings. The van der Waals surface area contributed by atoms with Crippen molar-refractivity contribution in [3.8, 4) is 0 Å². The van der Waals surface area contributed by atoms with E-state index in [1.54, 1.807) is 0 Å². The molecule has 1 aliphatic rings. The summed E-state index contributed by atoms with van der Waals surface area (Å²) < 4.78 is 0. The predicted octanol–water partition coefficient (Wildman–Crippen LogP) is 0.389. The third kappa shape index (κ3) is 3.47. The van der Waals surface area contributed by atoms with Gasteiger partial charge in [0.1, 0.15) is 0 Å². The molecule has 1 unspecified atom stereocenters. The van der Waals surface area contributed by atoms with Crippen molar-refractivity contribution in [3.63, 3.8) is 0 Å². The van der Waals surface area contributed by atoms with Crippen molar-refractivity contribution in [1.29, 1.82) is 0 Å². The van der Waals surface area contributed by atoms with Gasteiger partial charge in [-0.3, -0.25) is 4.79 Å². The number of primary amides is 1.